The van der Waals surface area contributed by atoms with Crippen molar-refractivity contribution in [3.63, 3.8) is 0 Å². The second-order valence-corrected chi connectivity index (χ2v) is 9.75. The average Bonchev–Trinajstić information content (AvgIpc) is 3.09. The largest absolute Gasteiger partial charge is 0.483 e. The van der Waals surface area contributed by atoms with Crippen LogP contribution in [0.15, 0.2) is 65.6 Å². The number of amides is 3. The molecule has 0 aromatic heterocycles. The molecular formula is C25H16Cl3FN2O4S. The normalized spacial score (nSPS) is 14.4. The van der Waals surface area contributed by atoms with E-state index in [0.717, 1.165) is 22.7 Å². The Morgan fingerprint density at radius 3 is 2.56 bits per heavy atom. The summed E-state index contributed by atoms with van der Waals surface area (Å²) in [5.41, 5.74) is 1.27. The van der Waals surface area contributed by atoms with Crippen LogP contribution in [0.25, 0.3) is 6.08 Å². The standard InChI is InChI=1S/C25H16Cl3FN2O4S/c26-16-6-8-21(35-13-23(32)30-20-4-2-1-3-18(20)27)15(9-16)10-22-24(33)31(25(34)36-22)12-14-5-7-17(29)11-19(14)28/h1-11H,12-13H2,(H,30,32)/b22-10-. The van der Waals surface area contributed by atoms with Crippen LogP contribution in [-0.4, -0.2) is 28.6 Å². The summed E-state index contributed by atoms with van der Waals surface area (Å²) in [6.07, 6.45) is 1.46. The number of nitrogens with zero attached hydrogens (tertiary/aromatic N) is 1. The number of carbonyl (C=O) groups is 3. The number of anilines is 1. The first-order valence-electron chi connectivity index (χ1n) is 10.4. The number of benzene rings is 3. The molecule has 4 rings (SSSR count). The zero-order valence-electron chi connectivity index (χ0n) is 18.3. The highest BCUT2D eigenvalue weighted by Crippen LogP contribution is 2.36. The van der Waals surface area contributed by atoms with E-state index in [4.69, 9.17) is 39.5 Å². The minimum Gasteiger partial charge on any atom is -0.483 e. The van der Waals surface area contributed by atoms with Gasteiger partial charge < -0.3 is 10.1 Å². The highest BCUT2D eigenvalue weighted by Gasteiger charge is 2.35. The van der Waals surface area contributed by atoms with Crippen molar-refractivity contribution >= 4 is 75.4 Å². The molecule has 3 aromatic carbocycles. The molecular weight excluding hydrogens is 550 g/mol. The first-order chi connectivity index (χ1) is 17.2. The Kier molecular flexibility index (Phi) is 8.21. The van der Waals surface area contributed by atoms with E-state index in [9.17, 15) is 18.8 Å². The molecule has 0 aliphatic carbocycles. The molecule has 1 heterocycles. The Balaban J connectivity index is 1.49. The van der Waals surface area contributed by atoms with E-state index in [1.54, 1.807) is 42.5 Å². The van der Waals surface area contributed by atoms with E-state index in [-0.39, 0.29) is 28.8 Å². The van der Waals surface area contributed by atoms with Crippen LogP contribution in [0.3, 0.4) is 0 Å². The van der Waals surface area contributed by atoms with Crippen molar-refractivity contribution < 1.29 is 23.5 Å². The minimum atomic E-state index is -0.548. The Hall–Kier alpha value is -3.04. The van der Waals surface area contributed by atoms with Gasteiger partial charge in [-0.1, -0.05) is 53.0 Å². The first-order valence-corrected chi connectivity index (χ1v) is 12.3. The maximum Gasteiger partial charge on any atom is 0.293 e. The molecule has 0 bridgehead atoms. The number of ether oxygens (including phenoxy) is 1. The lowest BCUT2D eigenvalue weighted by molar-refractivity contribution is -0.123. The predicted octanol–water partition coefficient (Wildman–Crippen LogP) is 7.04. The summed E-state index contributed by atoms with van der Waals surface area (Å²) in [6.45, 7) is -0.444. The smallest absolute Gasteiger partial charge is 0.293 e. The quantitative estimate of drug-likeness (QED) is 0.311. The zero-order chi connectivity index (χ0) is 25.8. The van der Waals surface area contributed by atoms with Gasteiger partial charge in [0, 0.05) is 15.6 Å². The van der Waals surface area contributed by atoms with Crippen LogP contribution in [0, 0.1) is 5.82 Å². The third-order valence-electron chi connectivity index (χ3n) is 4.98. The van der Waals surface area contributed by atoms with Gasteiger partial charge in [0.05, 0.1) is 22.2 Å². The van der Waals surface area contributed by atoms with E-state index >= 15 is 0 Å². The fourth-order valence-electron chi connectivity index (χ4n) is 3.25. The first kappa shape index (κ1) is 26.0. The summed E-state index contributed by atoms with van der Waals surface area (Å²) >= 11 is 19.0. The van der Waals surface area contributed by atoms with Crippen LogP contribution in [0.1, 0.15) is 11.1 Å². The van der Waals surface area contributed by atoms with Crippen molar-refractivity contribution in [1.82, 2.24) is 4.90 Å². The van der Waals surface area contributed by atoms with Crippen LogP contribution in [0.4, 0.5) is 14.9 Å². The van der Waals surface area contributed by atoms with E-state index in [1.165, 1.54) is 18.2 Å². The number of rotatable bonds is 7. The monoisotopic (exact) mass is 564 g/mol. The highest BCUT2D eigenvalue weighted by molar-refractivity contribution is 8.18. The number of hydrogen-bond donors (Lipinski definition) is 1. The molecule has 0 saturated carbocycles. The van der Waals surface area contributed by atoms with Gasteiger partial charge in [-0.25, -0.2) is 4.39 Å². The van der Waals surface area contributed by atoms with Crippen LogP contribution in [0.2, 0.25) is 15.1 Å². The Bertz CT molecular complexity index is 1400. The van der Waals surface area contributed by atoms with E-state index in [2.05, 4.69) is 5.32 Å². The molecule has 36 heavy (non-hydrogen) atoms. The summed E-state index contributed by atoms with van der Waals surface area (Å²) < 4.78 is 19.0. The van der Waals surface area contributed by atoms with E-state index < -0.39 is 22.9 Å². The van der Waals surface area contributed by atoms with Gasteiger partial charge in [-0.3, -0.25) is 19.3 Å². The van der Waals surface area contributed by atoms with Crippen molar-refractivity contribution in [3.05, 3.63) is 97.6 Å². The molecule has 0 unspecified atom stereocenters. The molecule has 0 radical (unpaired) electrons. The summed E-state index contributed by atoms with van der Waals surface area (Å²) in [7, 11) is 0. The lowest BCUT2D eigenvalue weighted by Crippen LogP contribution is -2.27. The molecule has 1 aliphatic heterocycles. The second-order valence-electron chi connectivity index (χ2n) is 7.50. The van der Waals surface area contributed by atoms with Gasteiger partial charge in [-0.15, -0.1) is 0 Å². The molecule has 184 valence electrons. The zero-order valence-corrected chi connectivity index (χ0v) is 21.3. The minimum absolute atomic E-state index is 0.109. The van der Waals surface area contributed by atoms with Gasteiger partial charge in [-0.05, 0) is 65.9 Å². The van der Waals surface area contributed by atoms with Crippen LogP contribution >= 0.6 is 46.6 Å². The van der Waals surface area contributed by atoms with Gasteiger partial charge in [0.15, 0.2) is 6.61 Å². The van der Waals surface area contributed by atoms with Crippen molar-refractivity contribution in [1.29, 1.82) is 0 Å². The highest BCUT2D eigenvalue weighted by atomic mass is 35.5. The lowest BCUT2D eigenvalue weighted by atomic mass is 10.1. The Morgan fingerprint density at radius 1 is 1.03 bits per heavy atom. The third kappa shape index (κ3) is 6.20. The number of thioether (sulfide) groups is 1. The predicted molar refractivity (Wildman–Crippen MR) is 140 cm³/mol. The van der Waals surface area contributed by atoms with Crippen molar-refractivity contribution in [2.75, 3.05) is 11.9 Å². The Morgan fingerprint density at radius 2 is 1.81 bits per heavy atom. The van der Waals surface area contributed by atoms with Crippen molar-refractivity contribution in [2.45, 2.75) is 6.54 Å². The molecule has 1 saturated heterocycles. The molecule has 1 fully saturated rings. The molecule has 3 amide bonds. The number of halogens is 4. The number of carbonyl (C=O) groups excluding carboxylic acids is 3. The molecule has 3 aromatic rings. The third-order valence-corrected chi connectivity index (χ3v) is 6.81. The van der Waals surface area contributed by atoms with Crippen LogP contribution in [-0.2, 0) is 16.1 Å². The SMILES string of the molecule is O=C(COc1ccc(Cl)cc1/C=C1\SC(=O)N(Cc2ccc(F)cc2Cl)C1=O)Nc1ccccc1Cl. The summed E-state index contributed by atoms with van der Waals surface area (Å²) in [5.74, 6) is -1.23. The maximum atomic E-state index is 13.3. The molecule has 1 N–H and O–H groups in total. The number of hydrogen-bond acceptors (Lipinski definition) is 5. The van der Waals surface area contributed by atoms with Gasteiger partial charge in [0.1, 0.15) is 11.6 Å². The number of nitrogens with one attached hydrogen (secondary N) is 1. The average molecular weight is 566 g/mol. The molecule has 6 nitrogen and oxygen atoms in total. The summed E-state index contributed by atoms with van der Waals surface area (Å²) in [6, 6.07) is 15.2. The summed E-state index contributed by atoms with van der Waals surface area (Å²) in [4.78, 5) is 39.0. The van der Waals surface area contributed by atoms with Crippen LogP contribution in [0.5, 0.6) is 5.75 Å². The molecule has 0 spiro atoms. The Labute approximate surface area is 225 Å². The van der Waals surface area contributed by atoms with E-state index in [1.807, 2.05) is 0 Å². The van der Waals surface area contributed by atoms with Gasteiger partial charge >= 0.3 is 0 Å². The topological polar surface area (TPSA) is 75.7 Å². The number of imide groups is 1. The lowest BCUT2D eigenvalue weighted by Gasteiger charge is -2.13. The van der Waals surface area contributed by atoms with E-state index in [0.29, 0.717) is 26.9 Å². The van der Waals surface area contributed by atoms with Gasteiger partial charge in [0.2, 0.25) is 0 Å². The second kappa shape index (κ2) is 11.3. The van der Waals surface area contributed by atoms with Crippen LogP contribution < -0.4 is 10.1 Å². The van der Waals surface area contributed by atoms with Gasteiger partial charge in [0.25, 0.3) is 17.1 Å². The number of para-hydroxylation sites is 1. The summed E-state index contributed by atoms with van der Waals surface area (Å²) in [5, 5.41) is 3.01. The maximum absolute atomic E-state index is 13.3. The van der Waals surface area contributed by atoms with Crippen molar-refractivity contribution in [2.24, 2.45) is 0 Å². The molecule has 1 aliphatic rings. The fourth-order valence-corrected chi connectivity index (χ4v) is 4.67. The molecule has 0 atom stereocenters. The molecule has 11 heteroatoms. The fraction of sp³-hybridized carbons (Fsp3) is 0.0800. The van der Waals surface area contributed by atoms with Gasteiger partial charge in [-0.2, -0.15) is 0 Å². The van der Waals surface area contributed by atoms with Crippen molar-refractivity contribution in [3.8, 4) is 5.75 Å².